The molecule has 0 aliphatic rings. The summed E-state index contributed by atoms with van der Waals surface area (Å²) >= 11 is 0. The Morgan fingerprint density at radius 3 is 1.83 bits per heavy atom. The lowest BCUT2D eigenvalue weighted by atomic mass is 10.1. The first-order valence-corrected chi connectivity index (χ1v) is 9.10. The van der Waals surface area contributed by atoms with E-state index in [0.29, 0.717) is 13.0 Å². The highest BCUT2D eigenvalue weighted by Gasteiger charge is 2.09. The number of rotatable bonds is 15. The molecule has 0 aliphatic heterocycles. The van der Waals surface area contributed by atoms with Crippen molar-refractivity contribution in [3.05, 3.63) is 0 Å². The number of carbonyl (C=O) groups is 2. The number of hydrazine groups is 2. The molecule has 0 atom stereocenters. The third-order valence-electron chi connectivity index (χ3n) is 3.87. The summed E-state index contributed by atoms with van der Waals surface area (Å²) in [7, 11) is 3.33. The van der Waals surface area contributed by atoms with Crippen LogP contribution in [0.5, 0.6) is 0 Å². The second kappa shape index (κ2) is 15.7. The lowest BCUT2D eigenvalue weighted by Gasteiger charge is -2.19. The van der Waals surface area contributed by atoms with E-state index in [1.54, 1.807) is 14.1 Å². The van der Waals surface area contributed by atoms with Gasteiger partial charge >= 0.3 is 0 Å². The summed E-state index contributed by atoms with van der Waals surface area (Å²) in [6.45, 7) is 2.62. The van der Waals surface area contributed by atoms with E-state index >= 15 is 0 Å². The van der Waals surface area contributed by atoms with Gasteiger partial charge in [0.1, 0.15) is 0 Å². The highest BCUT2D eigenvalue weighted by atomic mass is 16.2. The van der Waals surface area contributed by atoms with Gasteiger partial charge in [0.25, 0.3) is 5.91 Å². The number of hydrogen-bond acceptors (Lipinski definition) is 4. The number of carbonyl (C=O) groups excluding carboxylic acids is 2. The minimum absolute atomic E-state index is 0.0428. The van der Waals surface area contributed by atoms with Gasteiger partial charge in [-0.1, -0.05) is 58.3 Å². The lowest BCUT2D eigenvalue weighted by Crippen LogP contribution is -2.49. The van der Waals surface area contributed by atoms with Crippen LogP contribution in [-0.4, -0.2) is 37.6 Å². The molecule has 0 aromatic heterocycles. The highest BCUT2D eigenvalue weighted by Crippen LogP contribution is 2.10. The molecule has 6 heteroatoms. The molecule has 23 heavy (non-hydrogen) atoms. The van der Waals surface area contributed by atoms with E-state index in [1.165, 1.54) is 50.1 Å². The maximum Gasteiger partial charge on any atom is 0.253 e. The number of unbranched alkanes of at least 4 members (excludes halogenated alkanes) is 8. The first-order chi connectivity index (χ1) is 11.2. The molecule has 0 radical (unpaired) electrons. The van der Waals surface area contributed by atoms with Crippen molar-refractivity contribution in [1.82, 2.24) is 21.3 Å². The normalized spacial score (nSPS) is 10.6. The predicted octanol–water partition coefficient (Wildman–Crippen LogP) is 2.51. The second-order valence-electron chi connectivity index (χ2n) is 5.85. The molecule has 0 saturated heterocycles. The molecule has 0 aliphatic carbocycles. The zero-order chi connectivity index (χ0) is 17.3. The molecule has 0 heterocycles. The summed E-state index contributed by atoms with van der Waals surface area (Å²) in [5, 5.41) is 4.10. The Kier molecular flexibility index (Phi) is 15.0. The topological polar surface area (TPSA) is 73.5 Å². The fraction of sp³-hybridized carbons (Fsp3) is 0.882. The van der Waals surface area contributed by atoms with Gasteiger partial charge in [-0.3, -0.25) is 9.59 Å². The molecule has 2 amide bonds. The van der Waals surface area contributed by atoms with Gasteiger partial charge in [0.15, 0.2) is 0 Å². The van der Waals surface area contributed by atoms with Crippen molar-refractivity contribution in [2.75, 3.05) is 20.6 Å². The fourth-order valence-corrected chi connectivity index (χ4v) is 2.47. The van der Waals surface area contributed by atoms with Crippen molar-refractivity contribution >= 4 is 11.8 Å². The quantitative estimate of drug-likeness (QED) is 0.319. The van der Waals surface area contributed by atoms with Gasteiger partial charge in [-0.2, -0.15) is 0 Å². The van der Waals surface area contributed by atoms with E-state index in [-0.39, 0.29) is 18.2 Å². The van der Waals surface area contributed by atoms with Gasteiger partial charge in [0.05, 0.1) is 0 Å². The van der Waals surface area contributed by atoms with Crippen molar-refractivity contribution in [3.63, 3.8) is 0 Å². The van der Waals surface area contributed by atoms with E-state index in [0.717, 1.165) is 12.8 Å². The van der Waals surface area contributed by atoms with Gasteiger partial charge in [0.2, 0.25) is 5.91 Å². The van der Waals surface area contributed by atoms with Crippen molar-refractivity contribution in [2.24, 2.45) is 0 Å². The Bertz CT molecular complexity index is 307. The van der Waals surface area contributed by atoms with Crippen LogP contribution in [0.25, 0.3) is 0 Å². The van der Waals surface area contributed by atoms with E-state index in [4.69, 9.17) is 0 Å². The zero-order valence-corrected chi connectivity index (χ0v) is 15.2. The van der Waals surface area contributed by atoms with Crippen molar-refractivity contribution in [3.8, 4) is 0 Å². The Balaban J connectivity index is 3.42. The number of nitrogens with zero attached hydrogens (tertiary/aromatic N) is 1. The summed E-state index contributed by atoms with van der Waals surface area (Å²) in [5.74, 6) is -0.0559. The Morgan fingerprint density at radius 2 is 1.30 bits per heavy atom. The molecular formula is C17H36N4O2. The van der Waals surface area contributed by atoms with E-state index in [9.17, 15) is 9.59 Å². The van der Waals surface area contributed by atoms with Crippen LogP contribution in [0, 0.1) is 0 Å². The van der Waals surface area contributed by atoms with Crippen LogP contribution in [0.3, 0.4) is 0 Å². The van der Waals surface area contributed by atoms with Crippen LogP contribution in [0.2, 0.25) is 0 Å². The molecule has 0 unspecified atom stereocenters. The van der Waals surface area contributed by atoms with Crippen LogP contribution in [0.1, 0.15) is 77.6 Å². The molecule has 3 N–H and O–H groups in total. The lowest BCUT2D eigenvalue weighted by molar-refractivity contribution is -0.137. The average molecular weight is 329 g/mol. The molecule has 0 spiro atoms. The molecule has 0 bridgehead atoms. The van der Waals surface area contributed by atoms with Crippen molar-refractivity contribution < 1.29 is 9.59 Å². The SMILES string of the molecule is CCCCCCCCCCCC(=O)NCCC(=O)N(NC)NC. The Labute approximate surface area is 141 Å². The van der Waals surface area contributed by atoms with E-state index in [2.05, 4.69) is 23.1 Å². The first-order valence-electron chi connectivity index (χ1n) is 9.10. The van der Waals surface area contributed by atoms with Gasteiger partial charge in [-0.15, -0.1) is 0 Å². The number of amides is 2. The Hall–Kier alpha value is -1.14. The molecule has 0 rings (SSSR count). The Morgan fingerprint density at radius 1 is 0.783 bits per heavy atom. The molecule has 136 valence electrons. The molecule has 0 fully saturated rings. The predicted molar refractivity (Wildman–Crippen MR) is 94.4 cm³/mol. The van der Waals surface area contributed by atoms with Crippen LogP contribution in [0.4, 0.5) is 0 Å². The van der Waals surface area contributed by atoms with Crippen molar-refractivity contribution in [1.29, 1.82) is 0 Å². The van der Waals surface area contributed by atoms with E-state index in [1.807, 2.05) is 0 Å². The van der Waals surface area contributed by atoms with Gasteiger partial charge in [-0.25, -0.2) is 16.0 Å². The number of hydrogen-bond donors (Lipinski definition) is 3. The largest absolute Gasteiger partial charge is 0.356 e. The average Bonchev–Trinajstić information content (AvgIpc) is 2.54. The molecule has 0 aromatic rings. The molecule has 0 saturated carbocycles. The highest BCUT2D eigenvalue weighted by molar-refractivity contribution is 5.78. The number of nitrogens with one attached hydrogen (secondary N) is 3. The monoisotopic (exact) mass is 328 g/mol. The van der Waals surface area contributed by atoms with Crippen molar-refractivity contribution in [2.45, 2.75) is 77.6 Å². The molecule has 0 aromatic carbocycles. The van der Waals surface area contributed by atoms with Crippen LogP contribution >= 0.6 is 0 Å². The maximum absolute atomic E-state index is 11.7. The second-order valence-corrected chi connectivity index (χ2v) is 5.85. The summed E-state index contributed by atoms with van der Waals surface area (Å²) < 4.78 is 0. The van der Waals surface area contributed by atoms with Crippen LogP contribution < -0.4 is 16.2 Å². The standard InChI is InChI=1S/C17H36N4O2/c1-4-5-6-7-8-9-10-11-12-13-16(22)20-15-14-17(23)21(18-2)19-3/h18-19H,4-15H2,1-3H3,(H,20,22). The minimum Gasteiger partial charge on any atom is -0.356 e. The van der Waals surface area contributed by atoms with Gasteiger partial charge in [0, 0.05) is 33.5 Å². The van der Waals surface area contributed by atoms with Crippen LogP contribution in [-0.2, 0) is 9.59 Å². The smallest absolute Gasteiger partial charge is 0.253 e. The summed E-state index contributed by atoms with van der Waals surface area (Å²) in [4.78, 5) is 23.3. The van der Waals surface area contributed by atoms with Gasteiger partial charge < -0.3 is 5.32 Å². The minimum atomic E-state index is -0.0987. The maximum atomic E-state index is 11.7. The summed E-state index contributed by atoms with van der Waals surface area (Å²) in [6, 6.07) is 0. The summed E-state index contributed by atoms with van der Waals surface area (Å²) in [5.41, 5.74) is 5.44. The van der Waals surface area contributed by atoms with Crippen LogP contribution in [0.15, 0.2) is 0 Å². The molecule has 6 nitrogen and oxygen atoms in total. The molecular weight excluding hydrogens is 292 g/mol. The third kappa shape index (κ3) is 13.0. The third-order valence-corrected chi connectivity index (χ3v) is 3.87. The first kappa shape index (κ1) is 21.9. The summed E-state index contributed by atoms with van der Waals surface area (Å²) in [6.07, 6.45) is 12.1. The van der Waals surface area contributed by atoms with E-state index < -0.39 is 0 Å². The van der Waals surface area contributed by atoms with Gasteiger partial charge in [-0.05, 0) is 6.42 Å². The fourth-order valence-electron chi connectivity index (χ4n) is 2.47. The zero-order valence-electron chi connectivity index (χ0n) is 15.2.